The highest BCUT2D eigenvalue weighted by Gasteiger charge is 2.35. The van der Waals surface area contributed by atoms with Crippen molar-refractivity contribution < 1.29 is 18.0 Å². The van der Waals surface area contributed by atoms with Gasteiger partial charge in [-0.3, -0.25) is 14.5 Å². The number of hydrogen-bond acceptors (Lipinski definition) is 5. The third kappa shape index (κ3) is 3.17. The minimum atomic E-state index is -3.97. The second kappa shape index (κ2) is 5.63. The van der Waals surface area contributed by atoms with Gasteiger partial charge < -0.3 is 5.73 Å². The van der Waals surface area contributed by atoms with Crippen LogP contribution in [0.5, 0.6) is 0 Å². The van der Waals surface area contributed by atoms with E-state index in [1.165, 1.54) is 25.2 Å². The van der Waals surface area contributed by atoms with E-state index in [2.05, 4.69) is 4.72 Å². The first-order valence-corrected chi connectivity index (χ1v) is 7.96. The van der Waals surface area contributed by atoms with Crippen LogP contribution in [0.4, 0.5) is 5.69 Å². The predicted molar refractivity (Wildman–Crippen MR) is 77.0 cm³/mol. The van der Waals surface area contributed by atoms with Gasteiger partial charge in [0.15, 0.2) is 0 Å². The van der Waals surface area contributed by atoms with Gasteiger partial charge in [0.25, 0.3) is 0 Å². The molecule has 0 spiro atoms. The molecular formula is C12H14ClN3O4S. The molecule has 3 N–H and O–H groups in total. The van der Waals surface area contributed by atoms with Crippen LogP contribution in [0.2, 0.25) is 5.02 Å². The minimum absolute atomic E-state index is 0.0114. The fourth-order valence-corrected chi connectivity index (χ4v) is 3.56. The maximum Gasteiger partial charge on any atom is 0.247 e. The second-order valence-corrected chi connectivity index (χ2v) is 6.80. The van der Waals surface area contributed by atoms with E-state index in [1.54, 1.807) is 0 Å². The summed E-state index contributed by atoms with van der Waals surface area (Å²) in [6, 6.07) is 2.99. The average molecular weight is 332 g/mol. The lowest BCUT2D eigenvalue weighted by molar-refractivity contribution is -0.147. The Labute approximate surface area is 127 Å². The molecule has 9 heteroatoms. The van der Waals surface area contributed by atoms with Crippen molar-refractivity contribution in [3.05, 3.63) is 23.2 Å². The van der Waals surface area contributed by atoms with Gasteiger partial charge in [0.2, 0.25) is 21.8 Å². The van der Waals surface area contributed by atoms with Crippen LogP contribution in [0.25, 0.3) is 0 Å². The summed E-state index contributed by atoms with van der Waals surface area (Å²) in [6.45, 7) is 0. The molecular weight excluding hydrogens is 318 g/mol. The third-order valence-electron chi connectivity index (χ3n) is 3.21. The minimum Gasteiger partial charge on any atom is -0.398 e. The molecule has 1 fully saturated rings. The molecule has 114 valence electrons. The van der Waals surface area contributed by atoms with Crippen LogP contribution < -0.4 is 10.5 Å². The van der Waals surface area contributed by atoms with Gasteiger partial charge in [-0.1, -0.05) is 11.6 Å². The SMILES string of the molecule is CN1C(=O)CCC(NS(=O)(=O)c2ccc(Cl)cc2N)C1=O. The first-order valence-electron chi connectivity index (χ1n) is 6.10. The van der Waals surface area contributed by atoms with Gasteiger partial charge in [0.1, 0.15) is 10.9 Å². The van der Waals surface area contributed by atoms with E-state index in [1.807, 2.05) is 0 Å². The summed E-state index contributed by atoms with van der Waals surface area (Å²) in [5.74, 6) is -0.913. The van der Waals surface area contributed by atoms with Gasteiger partial charge in [0.05, 0.1) is 5.69 Å². The number of anilines is 1. The number of carbonyl (C=O) groups is 2. The molecule has 0 bridgehead atoms. The maximum atomic E-state index is 12.3. The van der Waals surface area contributed by atoms with Crippen LogP contribution >= 0.6 is 11.6 Å². The molecule has 1 aliphatic heterocycles. The number of rotatable bonds is 3. The van der Waals surface area contributed by atoms with Crippen molar-refractivity contribution in [2.24, 2.45) is 0 Å². The molecule has 1 heterocycles. The Hall–Kier alpha value is -1.64. The molecule has 1 saturated heterocycles. The molecule has 1 atom stereocenters. The monoisotopic (exact) mass is 331 g/mol. The zero-order valence-electron chi connectivity index (χ0n) is 11.2. The molecule has 7 nitrogen and oxygen atoms in total. The summed E-state index contributed by atoms with van der Waals surface area (Å²) in [6.07, 6.45) is 0.222. The fraction of sp³-hybridized carbons (Fsp3) is 0.333. The number of nitrogens with one attached hydrogen (secondary N) is 1. The third-order valence-corrected chi connectivity index (χ3v) is 4.99. The number of piperidine rings is 1. The predicted octanol–water partition coefficient (Wildman–Crippen LogP) is 0.348. The lowest BCUT2D eigenvalue weighted by Gasteiger charge is -2.28. The largest absolute Gasteiger partial charge is 0.398 e. The van der Waals surface area contributed by atoms with Crippen molar-refractivity contribution in [1.82, 2.24) is 9.62 Å². The van der Waals surface area contributed by atoms with E-state index in [4.69, 9.17) is 17.3 Å². The first kappa shape index (κ1) is 15.7. The number of nitrogens with zero attached hydrogens (tertiary/aromatic N) is 1. The summed E-state index contributed by atoms with van der Waals surface area (Å²) in [5, 5.41) is 0.311. The van der Waals surface area contributed by atoms with Gasteiger partial charge in [0, 0.05) is 18.5 Å². The zero-order chi connectivity index (χ0) is 15.8. The Morgan fingerprint density at radius 3 is 2.67 bits per heavy atom. The number of imide groups is 1. The number of halogens is 1. The number of likely N-dealkylation sites (tertiary alicyclic amines) is 1. The maximum absolute atomic E-state index is 12.3. The molecule has 2 rings (SSSR count). The molecule has 1 aromatic carbocycles. The van der Waals surface area contributed by atoms with Crippen molar-refractivity contribution >= 4 is 39.1 Å². The van der Waals surface area contributed by atoms with Crippen molar-refractivity contribution in [2.45, 2.75) is 23.8 Å². The molecule has 0 aromatic heterocycles. The van der Waals surface area contributed by atoms with Crippen LogP contribution in [-0.2, 0) is 19.6 Å². The lowest BCUT2D eigenvalue weighted by atomic mass is 10.1. The van der Waals surface area contributed by atoms with E-state index in [9.17, 15) is 18.0 Å². The number of carbonyl (C=O) groups excluding carboxylic acids is 2. The zero-order valence-corrected chi connectivity index (χ0v) is 12.7. The van der Waals surface area contributed by atoms with E-state index >= 15 is 0 Å². The number of nitrogen functional groups attached to an aromatic ring is 1. The molecule has 0 aliphatic carbocycles. The normalized spacial score (nSPS) is 19.9. The van der Waals surface area contributed by atoms with Crippen LogP contribution in [0.3, 0.4) is 0 Å². The van der Waals surface area contributed by atoms with Gasteiger partial charge in [-0.05, 0) is 24.6 Å². The number of hydrogen-bond donors (Lipinski definition) is 2. The summed E-state index contributed by atoms with van der Waals surface area (Å²) in [4.78, 5) is 24.0. The Morgan fingerprint density at radius 1 is 1.38 bits per heavy atom. The number of likely N-dealkylation sites (N-methyl/N-ethyl adjacent to an activating group) is 1. The second-order valence-electron chi connectivity index (χ2n) is 4.69. The number of sulfonamides is 1. The van der Waals surface area contributed by atoms with Crippen LogP contribution in [0.15, 0.2) is 23.1 Å². The molecule has 0 radical (unpaired) electrons. The Bertz CT molecular complexity index is 704. The Morgan fingerprint density at radius 2 is 2.05 bits per heavy atom. The van der Waals surface area contributed by atoms with E-state index in [-0.39, 0.29) is 29.3 Å². The van der Waals surface area contributed by atoms with Gasteiger partial charge in [-0.25, -0.2) is 8.42 Å². The molecule has 1 unspecified atom stereocenters. The van der Waals surface area contributed by atoms with Crippen LogP contribution in [0.1, 0.15) is 12.8 Å². The Kier molecular flexibility index (Phi) is 4.22. The van der Waals surface area contributed by atoms with Crippen molar-refractivity contribution in [3.8, 4) is 0 Å². The summed E-state index contributed by atoms with van der Waals surface area (Å²) in [5.41, 5.74) is 5.63. The van der Waals surface area contributed by atoms with Crippen molar-refractivity contribution in [3.63, 3.8) is 0 Å². The van der Waals surface area contributed by atoms with E-state index < -0.39 is 22.0 Å². The van der Waals surface area contributed by atoms with Crippen molar-refractivity contribution in [2.75, 3.05) is 12.8 Å². The molecule has 1 aliphatic rings. The van der Waals surface area contributed by atoms with E-state index in [0.717, 1.165) is 4.90 Å². The van der Waals surface area contributed by atoms with Gasteiger partial charge in [-0.15, -0.1) is 0 Å². The standard InChI is InChI=1S/C12H14ClN3O4S/c1-16-11(17)5-3-9(12(16)18)15-21(19,20)10-4-2-7(13)6-8(10)14/h2,4,6,9,15H,3,5,14H2,1H3. The quantitative estimate of drug-likeness (QED) is 0.613. The number of benzene rings is 1. The average Bonchev–Trinajstić information content (AvgIpc) is 2.39. The molecule has 21 heavy (non-hydrogen) atoms. The topological polar surface area (TPSA) is 110 Å². The van der Waals surface area contributed by atoms with Crippen LogP contribution in [-0.4, -0.2) is 38.2 Å². The highest BCUT2D eigenvalue weighted by molar-refractivity contribution is 7.89. The number of amides is 2. The van der Waals surface area contributed by atoms with Crippen LogP contribution in [0, 0.1) is 0 Å². The summed E-state index contributed by atoms with van der Waals surface area (Å²) in [7, 11) is -2.65. The lowest BCUT2D eigenvalue weighted by Crippen LogP contribution is -2.52. The summed E-state index contributed by atoms with van der Waals surface area (Å²) < 4.78 is 26.8. The van der Waals surface area contributed by atoms with Crippen molar-refractivity contribution in [1.29, 1.82) is 0 Å². The molecule has 0 saturated carbocycles. The highest BCUT2D eigenvalue weighted by atomic mass is 35.5. The smallest absolute Gasteiger partial charge is 0.247 e. The fourth-order valence-electron chi connectivity index (χ4n) is 2.04. The molecule has 1 aromatic rings. The summed E-state index contributed by atoms with van der Waals surface area (Å²) >= 11 is 5.72. The van der Waals surface area contributed by atoms with Gasteiger partial charge in [-0.2, -0.15) is 4.72 Å². The Balaban J connectivity index is 2.25. The highest BCUT2D eigenvalue weighted by Crippen LogP contribution is 2.23. The molecule has 2 amide bonds. The number of nitrogens with two attached hydrogens (primary N) is 1. The van der Waals surface area contributed by atoms with E-state index in [0.29, 0.717) is 5.02 Å². The first-order chi connectivity index (χ1) is 9.72. The van der Waals surface area contributed by atoms with Gasteiger partial charge >= 0.3 is 0 Å².